The molecule has 0 aliphatic carbocycles. The first-order valence-electron chi connectivity index (χ1n) is 5.00. The van der Waals surface area contributed by atoms with Crippen LogP contribution < -0.4 is 15.8 Å². The van der Waals surface area contributed by atoms with Crippen LogP contribution in [0.1, 0.15) is 5.56 Å². The Kier molecular flexibility index (Phi) is 2.97. The molecule has 3 N–H and O–H groups in total. The molecule has 0 radical (unpaired) electrons. The van der Waals surface area contributed by atoms with Crippen molar-refractivity contribution < 1.29 is 22.8 Å². The number of carbonyl (C=O) groups excluding carboxylic acids is 1. The zero-order valence-electron chi connectivity index (χ0n) is 9.51. The van der Waals surface area contributed by atoms with E-state index in [0.717, 1.165) is 12.1 Å². The number of halogens is 3. The van der Waals surface area contributed by atoms with Gasteiger partial charge in [-0.15, -0.1) is 4.48 Å². The predicted octanol–water partition coefficient (Wildman–Crippen LogP) is 0.957. The average Bonchev–Trinajstić information content (AvgIpc) is 2.79. The van der Waals surface area contributed by atoms with Crippen molar-refractivity contribution in [3.05, 3.63) is 28.0 Å². The number of carbonyl (C=O) groups is 1. The second-order valence-electron chi connectivity index (χ2n) is 3.64. The lowest BCUT2D eigenvalue weighted by molar-refractivity contribution is -0.151. The van der Waals surface area contributed by atoms with Gasteiger partial charge in [-0.05, 0) is 12.1 Å². The molecule has 0 aliphatic heterocycles. The highest BCUT2D eigenvalue weighted by atomic mass is 19.3. The van der Waals surface area contributed by atoms with Crippen molar-refractivity contribution in [1.29, 1.82) is 0 Å². The van der Waals surface area contributed by atoms with E-state index in [4.69, 9.17) is 4.74 Å². The standard InChI is InChI=1S/C10H8F3N3O3/c1-19-5-3-2-4(10(11,12)9(18)14-13)6-7(5)15-16-8(6)17/h2-3H,1H3,(H,14,18)(H2,15,16,17). The van der Waals surface area contributed by atoms with Crippen molar-refractivity contribution in [2.45, 2.75) is 5.92 Å². The molecule has 2 aromatic rings. The van der Waals surface area contributed by atoms with Gasteiger partial charge in [0.25, 0.3) is 5.56 Å². The summed E-state index contributed by atoms with van der Waals surface area (Å²) in [5.74, 6) is -6.21. The van der Waals surface area contributed by atoms with Gasteiger partial charge in [0.2, 0.25) is 0 Å². The zero-order chi connectivity index (χ0) is 14.2. The zero-order valence-corrected chi connectivity index (χ0v) is 9.51. The van der Waals surface area contributed by atoms with Gasteiger partial charge in [0.15, 0.2) is 0 Å². The van der Waals surface area contributed by atoms with Gasteiger partial charge in [-0.25, -0.2) is 0 Å². The minimum atomic E-state index is -4.19. The Bertz CT molecular complexity index is 692. The highest BCUT2D eigenvalue weighted by molar-refractivity contribution is 5.94. The van der Waals surface area contributed by atoms with Crippen LogP contribution in [0.4, 0.5) is 13.3 Å². The molecular weight excluding hydrogens is 267 g/mol. The van der Waals surface area contributed by atoms with E-state index in [2.05, 4.69) is 10.2 Å². The second kappa shape index (κ2) is 4.34. The minimum absolute atomic E-state index is 0.0312. The van der Waals surface area contributed by atoms with Crippen molar-refractivity contribution >= 4 is 16.8 Å². The van der Waals surface area contributed by atoms with Crippen molar-refractivity contribution in [3.8, 4) is 5.75 Å². The van der Waals surface area contributed by atoms with Gasteiger partial charge in [-0.2, -0.15) is 14.3 Å². The maximum absolute atomic E-state index is 13.7. The first-order chi connectivity index (χ1) is 8.93. The number of aromatic nitrogens is 2. The molecule has 1 aromatic heterocycles. The summed E-state index contributed by atoms with van der Waals surface area (Å²) in [6, 6.07) is 1.97. The van der Waals surface area contributed by atoms with Crippen LogP contribution in [0.2, 0.25) is 0 Å². The van der Waals surface area contributed by atoms with E-state index in [9.17, 15) is 22.9 Å². The van der Waals surface area contributed by atoms with Crippen LogP contribution in [-0.4, -0.2) is 23.2 Å². The molecule has 0 fully saturated rings. The Morgan fingerprint density at radius 3 is 2.63 bits per heavy atom. The number of aromatic amines is 2. The summed E-state index contributed by atoms with van der Waals surface area (Å²) in [5.41, 5.74) is -1.45. The third-order valence-electron chi connectivity index (χ3n) is 2.62. The molecule has 0 bridgehead atoms. The summed E-state index contributed by atoms with van der Waals surface area (Å²) in [6.45, 7) is 0. The third kappa shape index (κ3) is 1.83. The van der Waals surface area contributed by atoms with Gasteiger partial charge in [-0.3, -0.25) is 19.8 Å². The van der Waals surface area contributed by atoms with Gasteiger partial charge in [0.1, 0.15) is 11.3 Å². The number of nitrogens with one attached hydrogen (secondary N) is 3. The lowest BCUT2D eigenvalue weighted by atomic mass is 10.0. The van der Waals surface area contributed by atoms with Crippen molar-refractivity contribution in [2.24, 2.45) is 0 Å². The molecular formula is C10H8F3N3O3. The van der Waals surface area contributed by atoms with E-state index in [1.54, 1.807) is 0 Å². The number of amides is 1. The molecule has 9 heteroatoms. The topological polar surface area (TPSA) is 87.0 Å². The molecule has 1 aromatic carbocycles. The molecule has 0 spiro atoms. The number of benzene rings is 1. The molecule has 0 unspecified atom stereocenters. The first kappa shape index (κ1) is 13.0. The van der Waals surface area contributed by atoms with Gasteiger partial charge < -0.3 is 4.74 Å². The molecule has 0 aliphatic rings. The van der Waals surface area contributed by atoms with E-state index in [-0.39, 0.29) is 11.3 Å². The van der Waals surface area contributed by atoms with Crippen LogP contribution in [0.25, 0.3) is 10.9 Å². The van der Waals surface area contributed by atoms with Crippen LogP contribution in [0, 0.1) is 0 Å². The van der Waals surface area contributed by atoms with Crippen LogP contribution in [0.3, 0.4) is 0 Å². The smallest absolute Gasteiger partial charge is 0.353 e. The Hall–Kier alpha value is -2.45. The summed E-state index contributed by atoms with van der Waals surface area (Å²) in [5, 5.41) is 3.99. The molecule has 2 rings (SSSR count). The Morgan fingerprint density at radius 1 is 1.37 bits per heavy atom. The van der Waals surface area contributed by atoms with Crippen LogP contribution in [-0.2, 0) is 10.7 Å². The SMILES string of the molecule is COc1ccc(C(F)(F)C(=O)NF)c2c(=O)[nH][nH]c12. The van der Waals surface area contributed by atoms with E-state index < -0.39 is 28.3 Å². The highest BCUT2D eigenvalue weighted by Gasteiger charge is 2.43. The lowest BCUT2D eigenvalue weighted by Gasteiger charge is -2.14. The molecule has 1 heterocycles. The number of hydrogen-bond donors (Lipinski definition) is 3. The molecule has 0 saturated heterocycles. The predicted molar refractivity (Wildman–Crippen MR) is 58.6 cm³/mol. The quantitative estimate of drug-likeness (QED) is 0.729. The molecule has 0 atom stereocenters. The van der Waals surface area contributed by atoms with Gasteiger partial charge >= 0.3 is 11.8 Å². The number of H-pyrrole nitrogens is 2. The number of methoxy groups -OCH3 is 1. The van der Waals surface area contributed by atoms with E-state index in [0.29, 0.717) is 5.54 Å². The third-order valence-corrected chi connectivity index (χ3v) is 2.62. The number of alkyl halides is 2. The fourth-order valence-electron chi connectivity index (χ4n) is 1.74. The molecule has 6 nitrogen and oxygen atoms in total. The summed E-state index contributed by atoms with van der Waals surface area (Å²) in [6.07, 6.45) is 0. The summed E-state index contributed by atoms with van der Waals surface area (Å²) in [7, 11) is 1.28. The largest absolute Gasteiger partial charge is 0.494 e. The summed E-state index contributed by atoms with van der Waals surface area (Å²) in [4.78, 5) is 22.4. The molecule has 102 valence electrons. The maximum atomic E-state index is 13.7. The fraction of sp³-hybridized carbons (Fsp3) is 0.200. The first-order valence-corrected chi connectivity index (χ1v) is 5.00. The van der Waals surface area contributed by atoms with Crippen molar-refractivity contribution in [3.63, 3.8) is 0 Å². The molecule has 1 amide bonds. The van der Waals surface area contributed by atoms with Crippen molar-refractivity contribution in [2.75, 3.05) is 7.11 Å². The Labute approximate surface area is 103 Å². The Balaban J connectivity index is 2.79. The Morgan fingerprint density at radius 2 is 2.05 bits per heavy atom. The number of ether oxygens (including phenoxy) is 1. The minimum Gasteiger partial charge on any atom is -0.494 e. The monoisotopic (exact) mass is 275 g/mol. The van der Waals surface area contributed by atoms with Crippen LogP contribution >= 0.6 is 0 Å². The lowest BCUT2D eigenvalue weighted by Crippen LogP contribution is -2.34. The highest BCUT2D eigenvalue weighted by Crippen LogP contribution is 2.35. The van der Waals surface area contributed by atoms with Crippen molar-refractivity contribution in [1.82, 2.24) is 15.7 Å². The number of fused-ring (bicyclic) bond motifs is 1. The average molecular weight is 275 g/mol. The molecule has 19 heavy (non-hydrogen) atoms. The van der Waals surface area contributed by atoms with E-state index in [1.807, 2.05) is 0 Å². The van der Waals surface area contributed by atoms with E-state index >= 15 is 0 Å². The van der Waals surface area contributed by atoms with Crippen LogP contribution in [0.5, 0.6) is 5.75 Å². The fourth-order valence-corrected chi connectivity index (χ4v) is 1.74. The van der Waals surface area contributed by atoms with E-state index in [1.165, 1.54) is 7.11 Å². The maximum Gasteiger partial charge on any atom is 0.353 e. The van der Waals surface area contributed by atoms with Crippen LogP contribution in [0.15, 0.2) is 16.9 Å². The summed E-state index contributed by atoms with van der Waals surface area (Å²) >= 11 is 0. The normalized spacial score (nSPS) is 11.6. The van der Waals surface area contributed by atoms with Gasteiger partial charge in [0, 0.05) is 5.56 Å². The summed E-state index contributed by atoms with van der Waals surface area (Å²) < 4.78 is 44.3. The number of rotatable bonds is 3. The second-order valence-corrected chi connectivity index (χ2v) is 3.64. The van der Waals surface area contributed by atoms with Gasteiger partial charge in [-0.1, -0.05) is 0 Å². The number of hydrogen-bond acceptors (Lipinski definition) is 3. The molecule has 0 saturated carbocycles. The van der Waals surface area contributed by atoms with Gasteiger partial charge in [0.05, 0.1) is 12.5 Å².